The number of anilines is 1. The SMILES string of the molecule is CNc1ccc(C(N)c2ccc(C(C)C)cc2)cc1. The van der Waals surface area contributed by atoms with Crippen molar-refractivity contribution in [3.63, 3.8) is 0 Å². The third kappa shape index (κ3) is 3.15. The van der Waals surface area contributed by atoms with Crippen molar-refractivity contribution in [1.29, 1.82) is 0 Å². The van der Waals surface area contributed by atoms with Crippen molar-refractivity contribution in [1.82, 2.24) is 0 Å². The van der Waals surface area contributed by atoms with Gasteiger partial charge in [-0.2, -0.15) is 0 Å². The molecular weight excluding hydrogens is 232 g/mol. The summed E-state index contributed by atoms with van der Waals surface area (Å²) < 4.78 is 0. The normalized spacial score (nSPS) is 12.5. The minimum absolute atomic E-state index is 0.0629. The van der Waals surface area contributed by atoms with E-state index in [4.69, 9.17) is 5.73 Å². The summed E-state index contributed by atoms with van der Waals surface area (Å²) in [5.41, 5.74) is 11.1. The van der Waals surface area contributed by atoms with Gasteiger partial charge in [-0.3, -0.25) is 0 Å². The molecule has 0 fully saturated rings. The van der Waals surface area contributed by atoms with Crippen molar-refractivity contribution in [2.75, 3.05) is 12.4 Å². The number of hydrogen-bond donors (Lipinski definition) is 2. The molecule has 19 heavy (non-hydrogen) atoms. The summed E-state index contributed by atoms with van der Waals surface area (Å²) in [7, 11) is 1.92. The lowest BCUT2D eigenvalue weighted by atomic mass is 9.96. The van der Waals surface area contributed by atoms with Crippen LogP contribution in [0.15, 0.2) is 48.5 Å². The van der Waals surface area contributed by atoms with Crippen molar-refractivity contribution in [3.8, 4) is 0 Å². The zero-order valence-electron chi connectivity index (χ0n) is 11.9. The summed E-state index contributed by atoms with van der Waals surface area (Å²) in [5.74, 6) is 0.556. The van der Waals surface area contributed by atoms with E-state index in [9.17, 15) is 0 Å². The maximum atomic E-state index is 6.31. The van der Waals surface area contributed by atoms with Crippen LogP contribution in [0.5, 0.6) is 0 Å². The molecule has 1 unspecified atom stereocenters. The van der Waals surface area contributed by atoms with Crippen molar-refractivity contribution in [2.45, 2.75) is 25.8 Å². The van der Waals surface area contributed by atoms with E-state index < -0.39 is 0 Å². The van der Waals surface area contributed by atoms with E-state index in [1.807, 2.05) is 7.05 Å². The molecule has 0 amide bonds. The largest absolute Gasteiger partial charge is 0.388 e. The van der Waals surface area contributed by atoms with Crippen molar-refractivity contribution in [2.24, 2.45) is 5.73 Å². The van der Waals surface area contributed by atoms with E-state index in [0.29, 0.717) is 5.92 Å². The van der Waals surface area contributed by atoms with Crippen LogP contribution in [0.3, 0.4) is 0 Å². The highest BCUT2D eigenvalue weighted by atomic mass is 14.8. The monoisotopic (exact) mass is 254 g/mol. The Morgan fingerprint density at radius 3 is 1.63 bits per heavy atom. The molecule has 2 rings (SSSR count). The Balaban J connectivity index is 2.20. The minimum atomic E-state index is -0.0629. The zero-order chi connectivity index (χ0) is 13.8. The standard InChI is InChI=1S/C17H22N2/c1-12(2)13-4-6-14(7-5-13)17(18)15-8-10-16(19-3)11-9-15/h4-12,17,19H,18H2,1-3H3. The van der Waals surface area contributed by atoms with Gasteiger partial charge in [0.25, 0.3) is 0 Å². The van der Waals surface area contributed by atoms with Crippen LogP contribution in [-0.2, 0) is 0 Å². The van der Waals surface area contributed by atoms with Crippen LogP contribution in [0.25, 0.3) is 0 Å². The number of rotatable bonds is 4. The van der Waals surface area contributed by atoms with Crippen molar-refractivity contribution in [3.05, 3.63) is 65.2 Å². The van der Waals surface area contributed by atoms with Gasteiger partial charge in [0.05, 0.1) is 6.04 Å². The molecule has 100 valence electrons. The fourth-order valence-corrected chi connectivity index (χ4v) is 2.14. The molecule has 0 saturated carbocycles. The van der Waals surface area contributed by atoms with Crippen LogP contribution in [0, 0.1) is 0 Å². The van der Waals surface area contributed by atoms with Crippen LogP contribution < -0.4 is 11.1 Å². The Labute approximate surface area is 115 Å². The third-order valence-corrected chi connectivity index (χ3v) is 3.52. The molecule has 0 radical (unpaired) electrons. The van der Waals surface area contributed by atoms with Crippen molar-refractivity contribution >= 4 is 5.69 Å². The molecule has 0 spiro atoms. The zero-order valence-corrected chi connectivity index (χ0v) is 11.9. The quantitative estimate of drug-likeness (QED) is 0.868. The van der Waals surface area contributed by atoms with Gasteiger partial charge < -0.3 is 11.1 Å². The topological polar surface area (TPSA) is 38.0 Å². The molecule has 0 aliphatic carbocycles. The van der Waals surface area contributed by atoms with Crippen LogP contribution in [-0.4, -0.2) is 7.05 Å². The molecule has 0 aliphatic rings. The van der Waals surface area contributed by atoms with Gasteiger partial charge in [-0.1, -0.05) is 50.2 Å². The Bertz CT molecular complexity index is 512. The molecular formula is C17H22N2. The summed E-state index contributed by atoms with van der Waals surface area (Å²) in [4.78, 5) is 0. The summed E-state index contributed by atoms with van der Waals surface area (Å²) in [6.07, 6.45) is 0. The van der Waals surface area contributed by atoms with Gasteiger partial charge in [0.15, 0.2) is 0 Å². The molecule has 0 heterocycles. The van der Waals surface area contributed by atoms with Gasteiger partial charge in [0.2, 0.25) is 0 Å². The van der Waals surface area contributed by atoms with Gasteiger partial charge in [-0.05, 0) is 34.7 Å². The first-order valence-electron chi connectivity index (χ1n) is 6.75. The highest BCUT2D eigenvalue weighted by Crippen LogP contribution is 2.23. The summed E-state index contributed by atoms with van der Waals surface area (Å²) >= 11 is 0. The van der Waals surface area contributed by atoms with Crippen LogP contribution in [0.1, 0.15) is 42.5 Å². The van der Waals surface area contributed by atoms with Gasteiger partial charge in [0.1, 0.15) is 0 Å². The lowest BCUT2D eigenvalue weighted by molar-refractivity contribution is 0.847. The molecule has 2 aromatic rings. The molecule has 0 aromatic heterocycles. The third-order valence-electron chi connectivity index (χ3n) is 3.52. The second kappa shape index (κ2) is 5.89. The first-order chi connectivity index (χ1) is 9.11. The fraction of sp³-hybridized carbons (Fsp3) is 0.294. The van der Waals surface area contributed by atoms with Gasteiger partial charge in [0, 0.05) is 12.7 Å². The first kappa shape index (κ1) is 13.6. The summed E-state index contributed by atoms with van der Waals surface area (Å²) in [5, 5.41) is 3.11. The van der Waals surface area contributed by atoms with Crippen LogP contribution >= 0.6 is 0 Å². The van der Waals surface area contributed by atoms with Crippen LogP contribution in [0.4, 0.5) is 5.69 Å². The van der Waals surface area contributed by atoms with E-state index in [0.717, 1.165) is 16.8 Å². The number of hydrogen-bond acceptors (Lipinski definition) is 2. The average molecular weight is 254 g/mol. The molecule has 0 aliphatic heterocycles. The molecule has 2 heteroatoms. The second-order valence-corrected chi connectivity index (χ2v) is 5.17. The Kier molecular flexibility index (Phi) is 4.23. The molecule has 3 N–H and O–H groups in total. The fourth-order valence-electron chi connectivity index (χ4n) is 2.14. The maximum absolute atomic E-state index is 6.31. The average Bonchev–Trinajstić information content (AvgIpc) is 2.46. The number of nitrogens with two attached hydrogens (primary N) is 1. The molecule has 2 aromatic carbocycles. The van der Waals surface area contributed by atoms with E-state index >= 15 is 0 Å². The molecule has 2 nitrogen and oxygen atoms in total. The second-order valence-electron chi connectivity index (χ2n) is 5.17. The molecule has 0 saturated heterocycles. The smallest absolute Gasteiger partial charge is 0.0551 e. The van der Waals surface area contributed by atoms with Crippen LogP contribution in [0.2, 0.25) is 0 Å². The van der Waals surface area contributed by atoms with Gasteiger partial charge in [-0.15, -0.1) is 0 Å². The van der Waals surface area contributed by atoms with Gasteiger partial charge >= 0.3 is 0 Å². The Hall–Kier alpha value is -1.80. The predicted octanol–water partition coefficient (Wildman–Crippen LogP) is 3.90. The first-order valence-corrected chi connectivity index (χ1v) is 6.75. The van der Waals surface area contributed by atoms with E-state index in [2.05, 4.69) is 67.7 Å². The summed E-state index contributed by atoms with van der Waals surface area (Å²) in [6.45, 7) is 4.40. The van der Waals surface area contributed by atoms with E-state index in [1.54, 1.807) is 0 Å². The van der Waals surface area contributed by atoms with Gasteiger partial charge in [-0.25, -0.2) is 0 Å². The van der Waals surface area contributed by atoms with E-state index in [-0.39, 0.29) is 6.04 Å². The number of benzene rings is 2. The summed E-state index contributed by atoms with van der Waals surface area (Å²) in [6, 6.07) is 16.8. The molecule has 1 atom stereocenters. The highest BCUT2D eigenvalue weighted by molar-refractivity contribution is 5.46. The molecule has 0 bridgehead atoms. The number of nitrogens with one attached hydrogen (secondary N) is 1. The highest BCUT2D eigenvalue weighted by Gasteiger charge is 2.09. The Morgan fingerprint density at radius 2 is 1.21 bits per heavy atom. The lowest BCUT2D eigenvalue weighted by Gasteiger charge is -2.14. The Morgan fingerprint density at radius 1 is 0.789 bits per heavy atom. The predicted molar refractivity (Wildman–Crippen MR) is 82.6 cm³/mol. The van der Waals surface area contributed by atoms with E-state index in [1.165, 1.54) is 5.56 Å². The minimum Gasteiger partial charge on any atom is -0.388 e. The van der Waals surface area contributed by atoms with Crippen molar-refractivity contribution < 1.29 is 0 Å². The maximum Gasteiger partial charge on any atom is 0.0551 e. The lowest BCUT2D eigenvalue weighted by Crippen LogP contribution is -2.11.